The highest BCUT2D eigenvalue weighted by atomic mass is 16.5. The predicted molar refractivity (Wildman–Crippen MR) is 70.2 cm³/mol. The topological polar surface area (TPSA) is 87.8 Å². The lowest BCUT2D eigenvalue weighted by Gasteiger charge is -2.01. The summed E-state index contributed by atoms with van der Waals surface area (Å²) in [5.74, 6) is -0.458. The monoisotopic (exact) mass is 257 g/mol. The molecule has 0 aliphatic carbocycles. The number of aromatic nitrogens is 3. The molecule has 2 N–H and O–H groups in total. The summed E-state index contributed by atoms with van der Waals surface area (Å²) >= 11 is 0. The number of benzene rings is 1. The number of carbonyl (C=O) groups is 1. The Morgan fingerprint density at radius 1 is 1.32 bits per heavy atom. The first kappa shape index (κ1) is 11.5. The van der Waals surface area contributed by atoms with Crippen LogP contribution in [0.4, 0.5) is 0 Å². The summed E-state index contributed by atoms with van der Waals surface area (Å²) in [5.41, 5.74) is 1.84. The Kier molecular flexibility index (Phi) is 2.56. The van der Waals surface area contributed by atoms with Gasteiger partial charge >= 0.3 is 5.97 Å². The molecule has 0 saturated carbocycles. The molecule has 6 nitrogen and oxygen atoms in total. The maximum absolute atomic E-state index is 11.9. The van der Waals surface area contributed by atoms with Crippen LogP contribution >= 0.6 is 0 Å². The van der Waals surface area contributed by atoms with Crippen LogP contribution in [0.25, 0.3) is 21.9 Å². The minimum absolute atomic E-state index is 0.0819. The van der Waals surface area contributed by atoms with E-state index in [-0.39, 0.29) is 17.9 Å². The van der Waals surface area contributed by atoms with Gasteiger partial charge in [-0.15, -0.1) is 0 Å². The SMILES string of the molecule is CCOC(=O)c1ncc2[nH]c3cccc(=O)c3c2[nH]1. The molecule has 1 aromatic carbocycles. The van der Waals surface area contributed by atoms with Crippen molar-refractivity contribution in [3.63, 3.8) is 0 Å². The zero-order valence-corrected chi connectivity index (χ0v) is 10.2. The maximum atomic E-state index is 11.9. The van der Waals surface area contributed by atoms with Crippen molar-refractivity contribution in [3.05, 3.63) is 40.4 Å². The van der Waals surface area contributed by atoms with E-state index in [1.807, 2.05) is 0 Å². The molecule has 0 atom stereocenters. The first-order valence-corrected chi connectivity index (χ1v) is 5.87. The van der Waals surface area contributed by atoms with Crippen LogP contribution in [0.5, 0.6) is 0 Å². The smallest absolute Gasteiger partial charge is 0.374 e. The second-order valence-corrected chi connectivity index (χ2v) is 4.04. The van der Waals surface area contributed by atoms with E-state index in [1.165, 1.54) is 12.3 Å². The molecular formula is C13H11N3O3. The number of H-pyrrole nitrogens is 2. The number of fused-ring (bicyclic) bond motifs is 3. The van der Waals surface area contributed by atoms with Crippen molar-refractivity contribution in [2.75, 3.05) is 6.61 Å². The lowest BCUT2D eigenvalue weighted by atomic mass is 10.2. The van der Waals surface area contributed by atoms with Gasteiger partial charge in [-0.05, 0) is 19.1 Å². The second kappa shape index (κ2) is 4.24. The number of aromatic amines is 2. The zero-order chi connectivity index (χ0) is 13.4. The molecule has 3 aromatic rings. The average molecular weight is 257 g/mol. The minimum Gasteiger partial charge on any atom is -0.460 e. The van der Waals surface area contributed by atoms with Crippen molar-refractivity contribution in [1.82, 2.24) is 15.0 Å². The standard InChI is InChI=1S/C13H11N3O3/c1-2-19-13(18)12-14-6-8-11(16-12)10-7(15-8)4-3-5-9(10)17/h3-6,15H,2H2,1H3,(H,14,16). The lowest BCUT2D eigenvalue weighted by Crippen LogP contribution is -2.09. The van der Waals surface area contributed by atoms with Crippen LogP contribution in [0.1, 0.15) is 17.5 Å². The Balaban J connectivity index is 2.29. The number of hydrogen-bond acceptors (Lipinski definition) is 4. The number of ether oxygens (including phenoxy) is 1. The first-order chi connectivity index (χ1) is 9.20. The van der Waals surface area contributed by atoms with Crippen molar-refractivity contribution in [1.29, 1.82) is 0 Å². The van der Waals surface area contributed by atoms with Crippen LogP contribution in [0.3, 0.4) is 0 Å². The van der Waals surface area contributed by atoms with Crippen LogP contribution in [0.2, 0.25) is 0 Å². The van der Waals surface area contributed by atoms with Gasteiger partial charge in [0.2, 0.25) is 5.82 Å². The minimum atomic E-state index is -0.540. The molecule has 0 aliphatic rings. The molecule has 0 bridgehead atoms. The van der Waals surface area contributed by atoms with Gasteiger partial charge in [-0.3, -0.25) is 4.79 Å². The number of nitrogens with one attached hydrogen (secondary N) is 2. The molecule has 0 fully saturated rings. The van der Waals surface area contributed by atoms with E-state index in [2.05, 4.69) is 15.0 Å². The van der Waals surface area contributed by atoms with Gasteiger partial charge in [-0.1, -0.05) is 6.07 Å². The average Bonchev–Trinajstić information content (AvgIpc) is 2.77. The van der Waals surface area contributed by atoms with Crippen LogP contribution in [-0.2, 0) is 4.74 Å². The van der Waals surface area contributed by atoms with Crippen molar-refractivity contribution in [2.24, 2.45) is 0 Å². The Labute approximate surface area is 107 Å². The summed E-state index contributed by atoms with van der Waals surface area (Å²) in [6.07, 6.45) is 1.51. The molecule has 2 aromatic heterocycles. The summed E-state index contributed by atoms with van der Waals surface area (Å²) in [4.78, 5) is 33.4. The van der Waals surface area contributed by atoms with E-state index < -0.39 is 5.97 Å². The van der Waals surface area contributed by atoms with Gasteiger partial charge in [0, 0.05) is 0 Å². The molecule has 0 spiro atoms. The Morgan fingerprint density at radius 3 is 2.95 bits per heavy atom. The normalized spacial score (nSPS) is 11.0. The molecule has 0 unspecified atom stereocenters. The van der Waals surface area contributed by atoms with Gasteiger partial charge in [0.05, 0.1) is 34.7 Å². The highest BCUT2D eigenvalue weighted by Gasteiger charge is 2.13. The summed E-state index contributed by atoms with van der Waals surface area (Å²) in [6.45, 7) is 1.99. The van der Waals surface area contributed by atoms with Gasteiger partial charge in [0.1, 0.15) is 0 Å². The van der Waals surface area contributed by atoms with E-state index in [0.29, 0.717) is 21.9 Å². The molecular weight excluding hydrogens is 246 g/mol. The summed E-state index contributed by atoms with van der Waals surface area (Å²) in [5, 5.41) is 0.519. The highest BCUT2D eigenvalue weighted by Crippen LogP contribution is 2.19. The predicted octanol–water partition coefficient (Wildman–Crippen LogP) is 1.58. The molecule has 0 saturated heterocycles. The van der Waals surface area contributed by atoms with Gasteiger partial charge in [-0.2, -0.15) is 0 Å². The largest absolute Gasteiger partial charge is 0.460 e. The summed E-state index contributed by atoms with van der Waals surface area (Å²) in [6, 6.07) is 4.96. The number of carbonyl (C=O) groups excluding carboxylic acids is 1. The molecule has 3 rings (SSSR count). The number of rotatable bonds is 2. The van der Waals surface area contributed by atoms with Crippen LogP contribution in [0, 0.1) is 0 Å². The summed E-state index contributed by atoms with van der Waals surface area (Å²) in [7, 11) is 0. The fourth-order valence-electron chi connectivity index (χ4n) is 2.05. The number of esters is 1. The number of nitrogens with zero attached hydrogens (tertiary/aromatic N) is 1. The molecule has 0 amide bonds. The summed E-state index contributed by atoms with van der Waals surface area (Å²) < 4.78 is 4.87. The van der Waals surface area contributed by atoms with Crippen molar-refractivity contribution in [2.45, 2.75) is 6.92 Å². The van der Waals surface area contributed by atoms with E-state index in [9.17, 15) is 9.59 Å². The maximum Gasteiger partial charge on any atom is 0.374 e. The van der Waals surface area contributed by atoms with E-state index in [0.717, 1.165) is 0 Å². The van der Waals surface area contributed by atoms with E-state index >= 15 is 0 Å². The van der Waals surface area contributed by atoms with Gasteiger partial charge in [-0.25, -0.2) is 9.78 Å². The zero-order valence-electron chi connectivity index (χ0n) is 10.2. The third-order valence-electron chi connectivity index (χ3n) is 2.85. The molecule has 0 radical (unpaired) electrons. The van der Waals surface area contributed by atoms with Gasteiger partial charge in [0.25, 0.3) is 0 Å². The van der Waals surface area contributed by atoms with Gasteiger partial charge < -0.3 is 14.7 Å². The quantitative estimate of drug-likeness (QED) is 0.682. The Morgan fingerprint density at radius 2 is 2.16 bits per heavy atom. The Hall–Kier alpha value is -2.63. The lowest BCUT2D eigenvalue weighted by molar-refractivity contribution is 0.0512. The van der Waals surface area contributed by atoms with E-state index in [4.69, 9.17) is 4.74 Å². The number of hydrogen-bond donors (Lipinski definition) is 2. The van der Waals surface area contributed by atoms with Crippen molar-refractivity contribution < 1.29 is 9.53 Å². The molecule has 0 aliphatic heterocycles. The fraction of sp³-hybridized carbons (Fsp3) is 0.154. The molecule has 96 valence electrons. The van der Waals surface area contributed by atoms with Crippen molar-refractivity contribution >= 4 is 27.9 Å². The third-order valence-corrected chi connectivity index (χ3v) is 2.85. The first-order valence-electron chi connectivity index (χ1n) is 5.87. The molecule has 2 heterocycles. The fourth-order valence-corrected chi connectivity index (χ4v) is 2.05. The van der Waals surface area contributed by atoms with Crippen LogP contribution in [0.15, 0.2) is 29.2 Å². The van der Waals surface area contributed by atoms with Crippen LogP contribution < -0.4 is 5.43 Å². The van der Waals surface area contributed by atoms with Crippen molar-refractivity contribution in [3.8, 4) is 0 Å². The molecule has 19 heavy (non-hydrogen) atoms. The second-order valence-electron chi connectivity index (χ2n) is 4.04. The third kappa shape index (κ3) is 1.77. The Bertz CT molecular complexity index is 832. The molecule has 6 heteroatoms. The van der Waals surface area contributed by atoms with E-state index in [1.54, 1.807) is 19.1 Å². The van der Waals surface area contributed by atoms with Gasteiger partial charge in [0.15, 0.2) is 5.43 Å². The van der Waals surface area contributed by atoms with Crippen LogP contribution in [-0.4, -0.2) is 27.5 Å². The highest BCUT2D eigenvalue weighted by molar-refractivity contribution is 6.05.